The van der Waals surface area contributed by atoms with E-state index in [1.807, 2.05) is 12.1 Å². The maximum absolute atomic E-state index is 11.7. The topological polar surface area (TPSA) is 29.5 Å². The van der Waals surface area contributed by atoms with Crippen molar-refractivity contribution in [3.63, 3.8) is 0 Å². The number of carbonyl (C=O) groups is 1. The predicted octanol–water partition coefficient (Wildman–Crippen LogP) is 5.47. The molecule has 0 aliphatic carbocycles. The van der Waals surface area contributed by atoms with Gasteiger partial charge >= 0.3 is 5.97 Å². The van der Waals surface area contributed by atoms with Crippen LogP contribution >= 0.6 is 22.6 Å². The van der Waals surface area contributed by atoms with E-state index in [4.69, 9.17) is 4.74 Å². The zero-order valence-corrected chi connectivity index (χ0v) is 18.6. The number of rotatable bonds is 10. The summed E-state index contributed by atoms with van der Waals surface area (Å²) in [4.78, 5) is 14.2. The standard InChI is InChI=1S/C23H30INO2/c1-18(2)14-22(23(15-24)27-19(3)26)25(16-20-10-6-4-7-11-20)17-21-12-8-5-9-13-21/h4-13,18,22-23H,14-17H2,1-3H3/t22-,23+/m0/s1. The van der Waals surface area contributed by atoms with E-state index in [0.29, 0.717) is 5.92 Å². The summed E-state index contributed by atoms with van der Waals surface area (Å²) < 4.78 is 6.52. The van der Waals surface area contributed by atoms with E-state index < -0.39 is 0 Å². The highest BCUT2D eigenvalue weighted by molar-refractivity contribution is 14.1. The Balaban J connectivity index is 2.32. The average Bonchev–Trinajstić information content (AvgIpc) is 2.65. The third kappa shape index (κ3) is 7.62. The lowest BCUT2D eigenvalue weighted by molar-refractivity contribution is -0.149. The van der Waals surface area contributed by atoms with E-state index in [9.17, 15) is 4.79 Å². The molecule has 27 heavy (non-hydrogen) atoms. The van der Waals surface area contributed by atoms with Crippen molar-refractivity contribution in [3.8, 4) is 0 Å². The zero-order chi connectivity index (χ0) is 19.6. The molecule has 2 atom stereocenters. The van der Waals surface area contributed by atoms with Crippen LogP contribution in [0.2, 0.25) is 0 Å². The number of carbonyl (C=O) groups excluding carboxylic acids is 1. The van der Waals surface area contributed by atoms with Gasteiger partial charge in [0.25, 0.3) is 0 Å². The van der Waals surface area contributed by atoms with E-state index in [-0.39, 0.29) is 18.1 Å². The molecule has 3 nitrogen and oxygen atoms in total. The van der Waals surface area contributed by atoms with Crippen molar-refractivity contribution in [3.05, 3.63) is 71.8 Å². The molecule has 0 N–H and O–H groups in total. The Bertz CT molecular complexity index is 634. The van der Waals surface area contributed by atoms with Crippen LogP contribution in [0.3, 0.4) is 0 Å². The minimum Gasteiger partial charge on any atom is -0.460 e. The molecular formula is C23H30INO2. The monoisotopic (exact) mass is 479 g/mol. The van der Waals surface area contributed by atoms with Crippen LogP contribution < -0.4 is 0 Å². The number of ether oxygens (including phenoxy) is 1. The van der Waals surface area contributed by atoms with Gasteiger partial charge in [-0.05, 0) is 23.5 Å². The maximum atomic E-state index is 11.7. The van der Waals surface area contributed by atoms with E-state index in [0.717, 1.165) is 23.9 Å². The Kier molecular flexibility index (Phi) is 9.28. The highest BCUT2D eigenvalue weighted by atomic mass is 127. The van der Waals surface area contributed by atoms with Gasteiger partial charge in [0.1, 0.15) is 6.10 Å². The minimum absolute atomic E-state index is 0.113. The third-order valence-corrected chi connectivity index (χ3v) is 5.41. The molecule has 0 aliphatic heterocycles. The molecule has 146 valence electrons. The Labute approximate surface area is 177 Å². The van der Waals surface area contributed by atoms with E-state index >= 15 is 0 Å². The number of benzene rings is 2. The maximum Gasteiger partial charge on any atom is 0.302 e. The SMILES string of the molecule is CC(=O)O[C@H](CI)[C@H](CC(C)C)N(Cc1ccccc1)Cc1ccccc1. The van der Waals surface area contributed by atoms with Gasteiger partial charge < -0.3 is 4.74 Å². The molecule has 0 aliphatic rings. The van der Waals surface area contributed by atoms with Gasteiger partial charge in [-0.15, -0.1) is 0 Å². The van der Waals surface area contributed by atoms with Gasteiger partial charge in [0, 0.05) is 30.5 Å². The number of halogens is 1. The normalized spacial score (nSPS) is 13.6. The molecule has 0 heterocycles. The van der Waals surface area contributed by atoms with Crippen molar-refractivity contribution < 1.29 is 9.53 Å². The minimum atomic E-state index is -0.204. The van der Waals surface area contributed by atoms with E-state index in [1.165, 1.54) is 18.1 Å². The number of hydrogen-bond donors (Lipinski definition) is 0. The summed E-state index contributed by atoms with van der Waals surface area (Å²) in [5, 5.41) is 0. The summed E-state index contributed by atoms with van der Waals surface area (Å²) in [6.45, 7) is 7.63. The highest BCUT2D eigenvalue weighted by Gasteiger charge is 2.30. The molecule has 0 saturated heterocycles. The Morgan fingerprint density at radius 3 is 1.81 bits per heavy atom. The average molecular weight is 479 g/mol. The van der Waals surface area contributed by atoms with Crippen molar-refractivity contribution in [1.82, 2.24) is 4.90 Å². The Morgan fingerprint density at radius 1 is 0.963 bits per heavy atom. The molecule has 0 amide bonds. The van der Waals surface area contributed by atoms with Crippen molar-refractivity contribution in [2.45, 2.75) is 52.4 Å². The molecule has 0 spiro atoms. The quantitative estimate of drug-likeness (QED) is 0.257. The summed E-state index contributed by atoms with van der Waals surface area (Å²) in [5.41, 5.74) is 2.55. The molecule has 0 radical (unpaired) electrons. The van der Waals surface area contributed by atoms with Crippen LogP contribution in [0.25, 0.3) is 0 Å². The second kappa shape index (κ2) is 11.4. The zero-order valence-electron chi connectivity index (χ0n) is 16.5. The first-order valence-electron chi connectivity index (χ1n) is 9.54. The molecule has 0 bridgehead atoms. The molecule has 2 aromatic carbocycles. The van der Waals surface area contributed by atoms with E-state index in [2.05, 4.69) is 89.9 Å². The van der Waals surface area contributed by atoms with Crippen LogP contribution in [-0.2, 0) is 22.6 Å². The van der Waals surface area contributed by atoms with Crippen molar-refractivity contribution in [2.24, 2.45) is 5.92 Å². The van der Waals surface area contributed by atoms with Gasteiger partial charge in [-0.25, -0.2) is 0 Å². The van der Waals surface area contributed by atoms with Crippen LogP contribution in [-0.4, -0.2) is 27.4 Å². The molecule has 0 aromatic heterocycles. The largest absolute Gasteiger partial charge is 0.460 e. The van der Waals surface area contributed by atoms with Gasteiger partial charge in [0.15, 0.2) is 0 Å². The number of alkyl halides is 1. The Morgan fingerprint density at radius 2 is 1.44 bits per heavy atom. The third-order valence-electron chi connectivity index (χ3n) is 4.54. The molecule has 0 unspecified atom stereocenters. The van der Waals surface area contributed by atoms with Crippen LogP contribution in [0.1, 0.15) is 38.3 Å². The molecule has 0 fully saturated rings. The summed E-state index contributed by atoms with van der Waals surface area (Å²) in [5.74, 6) is 0.315. The molecular weight excluding hydrogens is 449 g/mol. The summed E-state index contributed by atoms with van der Waals surface area (Å²) in [7, 11) is 0. The van der Waals surface area contributed by atoms with Crippen LogP contribution in [0.15, 0.2) is 60.7 Å². The number of hydrogen-bond acceptors (Lipinski definition) is 3. The summed E-state index contributed by atoms with van der Waals surface area (Å²) >= 11 is 2.34. The molecule has 2 rings (SSSR count). The van der Waals surface area contributed by atoms with Crippen LogP contribution in [0.4, 0.5) is 0 Å². The first kappa shape index (κ1) is 21.9. The smallest absolute Gasteiger partial charge is 0.302 e. The fourth-order valence-corrected chi connectivity index (χ4v) is 4.14. The molecule has 2 aromatic rings. The molecule has 0 saturated carbocycles. The summed E-state index contributed by atoms with van der Waals surface area (Å²) in [6, 6.07) is 21.2. The lowest BCUT2D eigenvalue weighted by Crippen LogP contribution is -2.46. The van der Waals surface area contributed by atoms with E-state index in [1.54, 1.807) is 0 Å². The summed E-state index contributed by atoms with van der Waals surface area (Å²) in [6.07, 6.45) is 0.874. The second-order valence-electron chi connectivity index (χ2n) is 7.38. The fourth-order valence-electron chi connectivity index (χ4n) is 3.37. The van der Waals surface area contributed by atoms with Crippen molar-refractivity contribution >= 4 is 28.6 Å². The van der Waals surface area contributed by atoms with Gasteiger partial charge in [0.2, 0.25) is 0 Å². The fraction of sp³-hybridized carbons (Fsp3) is 0.435. The molecule has 4 heteroatoms. The lowest BCUT2D eigenvalue weighted by Gasteiger charge is -2.37. The first-order chi connectivity index (χ1) is 13.0. The number of esters is 1. The van der Waals surface area contributed by atoms with Crippen molar-refractivity contribution in [1.29, 1.82) is 0 Å². The van der Waals surface area contributed by atoms with Gasteiger partial charge in [-0.1, -0.05) is 97.1 Å². The van der Waals surface area contributed by atoms with Crippen molar-refractivity contribution in [2.75, 3.05) is 4.43 Å². The van der Waals surface area contributed by atoms with Crippen LogP contribution in [0.5, 0.6) is 0 Å². The second-order valence-corrected chi connectivity index (χ2v) is 8.26. The number of nitrogens with zero attached hydrogens (tertiary/aromatic N) is 1. The first-order valence-corrected chi connectivity index (χ1v) is 11.1. The van der Waals surface area contributed by atoms with Crippen LogP contribution in [0, 0.1) is 5.92 Å². The van der Waals surface area contributed by atoms with Gasteiger partial charge in [-0.2, -0.15) is 0 Å². The van der Waals surface area contributed by atoms with Gasteiger partial charge in [0.05, 0.1) is 0 Å². The lowest BCUT2D eigenvalue weighted by atomic mass is 9.97. The Hall–Kier alpha value is -1.40. The predicted molar refractivity (Wildman–Crippen MR) is 120 cm³/mol. The highest BCUT2D eigenvalue weighted by Crippen LogP contribution is 2.24. The van der Waals surface area contributed by atoms with Gasteiger partial charge in [-0.3, -0.25) is 9.69 Å².